The summed E-state index contributed by atoms with van der Waals surface area (Å²) in [5, 5.41) is 0. The van der Waals surface area contributed by atoms with E-state index in [9.17, 15) is 9.59 Å². The van der Waals surface area contributed by atoms with Gasteiger partial charge >= 0.3 is 0 Å². The molecular weight excluding hydrogens is 262 g/mol. The summed E-state index contributed by atoms with van der Waals surface area (Å²) in [6.07, 6.45) is 2.65. The number of hydrogen-bond donors (Lipinski definition) is 3. The Morgan fingerprint density at radius 2 is 2.25 bits per heavy atom. The summed E-state index contributed by atoms with van der Waals surface area (Å²) in [5.74, 6) is 4.81. The molecule has 2 aromatic heterocycles. The van der Waals surface area contributed by atoms with E-state index in [0.717, 1.165) is 0 Å². The second kappa shape index (κ2) is 5.93. The lowest BCUT2D eigenvalue weighted by Gasteiger charge is -2.05. The van der Waals surface area contributed by atoms with Crippen molar-refractivity contribution in [3.8, 4) is 17.1 Å². The van der Waals surface area contributed by atoms with Crippen molar-refractivity contribution in [3.05, 3.63) is 40.6 Å². The molecule has 2 heterocycles. The summed E-state index contributed by atoms with van der Waals surface area (Å²) in [6.45, 7) is 2.26. The molecule has 0 aliphatic rings. The molecule has 0 aliphatic heterocycles. The molecule has 0 spiro atoms. The third kappa shape index (κ3) is 2.81. The van der Waals surface area contributed by atoms with Crippen LogP contribution < -0.4 is 21.6 Å². The van der Waals surface area contributed by atoms with Crippen LogP contribution in [0.3, 0.4) is 0 Å². The molecule has 1 amide bonds. The fraction of sp³-hybridized carbons (Fsp3) is 0.167. The number of aromatic nitrogens is 3. The standard InChI is InChI=1S/C12H13N5O3/c1-2-20-10-4-3-7(11(18)16-10)8-5-14-6-9(15-8)12(19)17-13/h3-6H,2,13H2,1H3,(H,16,18)(H,17,19). The van der Waals surface area contributed by atoms with Crippen molar-refractivity contribution >= 4 is 5.91 Å². The van der Waals surface area contributed by atoms with Gasteiger partial charge in [0.1, 0.15) is 5.69 Å². The largest absolute Gasteiger partial charge is 0.479 e. The Balaban J connectivity index is 2.41. The van der Waals surface area contributed by atoms with Crippen LogP contribution in [0.2, 0.25) is 0 Å². The number of hydrogen-bond acceptors (Lipinski definition) is 6. The highest BCUT2D eigenvalue weighted by molar-refractivity contribution is 5.91. The minimum atomic E-state index is -0.582. The van der Waals surface area contributed by atoms with E-state index in [-0.39, 0.29) is 22.5 Å². The zero-order valence-corrected chi connectivity index (χ0v) is 10.7. The lowest BCUT2D eigenvalue weighted by Crippen LogP contribution is -2.31. The Morgan fingerprint density at radius 3 is 2.90 bits per heavy atom. The van der Waals surface area contributed by atoms with Gasteiger partial charge in [-0.3, -0.25) is 25.0 Å². The molecule has 8 heteroatoms. The van der Waals surface area contributed by atoms with Crippen LogP contribution in [0.1, 0.15) is 17.4 Å². The van der Waals surface area contributed by atoms with Gasteiger partial charge in [-0.05, 0) is 19.1 Å². The van der Waals surface area contributed by atoms with E-state index in [1.807, 2.05) is 12.3 Å². The number of nitrogens with one attached hydrogen (secondary N) is 2. The van der Waals surface area contributed by atoms with Crippen LogP contribution in [0.15, 0.2) is 29.3 Å². The molecular formula is C12H13N5O3. The first kappa shape index (κ1) is 13.7. The molecule has 20 heavy (non-hydrogen) atoms. The van der Waals surface area contributed by atoms with E-state index >= 15 is 0 Å². The van der Waals surface area contributed by atoms with Crippen molar-refractivity contribution in [2.45, 2.75) is 6.92 Å². The molecule has 0 radical (unpaired) electrons. The van der Waals surface area contributed by atoms with Crippen molar-refractivity contribution in [1.29, 1.82) is 0 Å². The zero-order chi connectivity index (χ0) is 14.5. The summed E-state index contributed by atoms with van der Waals surface area (Å²) in [5.41, 5.74) is 2.16. The molecule has 8 nitrogen and oxygen atoms in total. The van der Waals surface area contributed by atoms with E-state index in [0.29, 0.717) is 12.5 Å². The number of rotatable bonds is 4. The van der Waals surface area contributed by atoms with E-state index in [4.69, 9.17) is 10.6 Å². The van der Waals surface area contributed by atoms with Gasteiger partial charge in [0.05, 0.1) is 30.3 Å². The number of hydrazine groups is 1. The van der Waals surface area contributed by atoms with Gasteiger partial charge < -0.3 is 4.74 Å². The molecule has 0 saturated heterocycles. The van der Waals surface area contributed by atoms with Gasteiger partial charge in [-0.2, -0.15) is 0 Å². The maximum atomic E-state index is 11.9. The molecule has 0 bridgehead atoms. The molecule has 0 aliphatic carbocycles. The monoisotopic (exact) mass is 275 g/mol. The maximum Gasteiger partial charge on any atom is 0.285 e. The molecule has 0 fully saturated rings. The highest BCUT2D eigenvalue weighted by Gasteiger charge is 2.11. The average molecular weight is 275 g/mol. The molecule has 0 atom stereocenters. The molecule has 0 aromatic carbocycles. The third-order valence-electron chi connectivity index (χ3n) is 2.46. The number of nitrogens with two attached hydrogens (primary N) is 1. The van der Waals surface area contributed by atoms with Gasteiger partial charge in [-0.15, -0.1) is 0 Å². The summed E-state index contributed by atoms with van der Waals surface area (Å²) in [6, 6.07) is 3.16. The zero-order valence-electron chi connectivity index (χ0n) is 10.7. The summed E-state index contributed by atoms with van der Waals surface area (Å²) in [4.78, 5) is 33.8. The van der Waals surface area contributed by atoms with Crippen LogP contribution in [-0.2, 0) is 0 Å². The topological polar surface area (TPSA) is 123 Å². The first-order valence-corrected chi connectivity index (χ1v) is 5.85. The minimum absolute atomic E-state index is 0.0262. The first-order chi connectivity index (χ1) is 9.65. The van der Waals surface area contributed by atoms with Crippen LogP contribution in [0.25, 0.3) is 11.3 Å². The lowest BCUT2D eigenvalue weighted by atomic mass is 10.2. The van der Waals surface area contributed by atoms with Crippen molar-refractivity contribution in [1.82, 2.24) is 20.4 Å². The van der Waals surface area contributed by atoms with Crippen LogP contribution in [0.5, 0.6) is 5.88 Å². The third-order valence-corrected chi connectivity index (χ3v) is 2.46. The number of aromatic amines is 1. The van der Waals surface area contributed by atoms with Gasteiger partial charge in [-0.1, -0.05) is 0 Å². The molecule has 2 aromatic rings. The highest BCUT2D eigenvalue weighted by atomic mass is 16.5. The van der Waals surface area contributed by atoms with E-state index in [1.165, 1.54) is 12.4 Å². The number of ether oxygens (including phenoxy) is 1. The average Bonchev–Trinajstić information content (AvgIpc) is 2.47. The number of H-pyrrole nitrogens is 1. The van der Waals surface area contributed by atoms with Crippen LogP contribution in [0.4, 0.5) is 0 Å². The van der Waals surface area contributed by atoms with Crippen molar-refractivity contribution < 1.29 is 9.53 Å². The number of nitrogens with zero attached hydrogens (tertiary/aromatic N) is 2. The molecule has 0 saturated carbocycles. The van der Waals surface area contributed by atoms with Crippen LogP contribution in [0, 0.1) is 0 Å². The number of nitrogen functional groups attached to an aromatic ring is 1. The first-order valence-electron chi connectivity index (χ1n) is 5.85. The van der Waals surface area contributed by atoms with Crippen LogP contribution in [-0.4, -0.2) is 27.5 Å². The molecule has 2 rings (SSSR count). The van der Waals surface area contributed by atoms with Crippen molar-refractivity contribution in [2.75, 3.05) is 6.61 Å². The Kier molecular flexibility index (Phi) is 4.06. The second-order valence-corrected chi connectivity index (χ2v) is 3.76. The Morgan fingerprint density at radius 1 is 1.45 bits per heavy atom. The van der Waals surface area contributed by atoms with E-state index < -0.39 is 5.91 Å². The summed E-state index contributed by atoms with van der Waals surface area (Å²) in [7, 11) is 0. The fourth-order valence-electron chi connectivity index (χ4n) is 1.58. The Hall–Kier alpha value is -2.74. The number of amides is 1. The van der Waals surface area contributed by atoms with Gasteiger partial charge in [0.15, 0.2) is 5.88 Å². The molecule has 104 valence electrons. The number of carbonyl (C=O) groups is 1. The van der Waals surface area contributed by atoms with Gasteiger partial charge in [0.2, 0.25) is 0 Å². The highest BCUT2D eigenvalue weighted by Crippen LogP contribution is 2.13. The second-order valence-electron chi connectivity index (χ2n) is 3.76. The van der Waals surface area contributed by atoms with Gasteiger partial charge in [-0.25, -0.2) is 10.8 Å². The number of pyridine rings is 1. The van der Waals surface area contributed by atoms with Crippen molar-refractivity contribution in [2.24, 2.45) is 5.84 Å². The molecule has 4 N–H and O–H groups in total. The van der Waals surface area contributed by atoms with Gasteiger partial charge in [0, 0.05) is 0 Å². The van der Waals surface area contributed by atoms with Crippen molar-refractivity contribution in [3.63, 3.8) is 0 Å². The fourth-order valence-corrected chi connectivity index (χ4v) is 1.58. The van der Waals surface area contributed by atoms with Crippen LogP contribution >= 0.6 is 0 Å². The predicted molar refractivity (Wildman–Crippen MR) is 70.9 cm³/mol. The maximum absolute atomic E-state index is 11.9. The minimum Gasteiger partial charge on any atom is -0.479 e. The SMILES string of the molecule is CCOc1ccc(-c2cncc(C(=O)NN)n2)c(=O)[nH]1. The Labute approximate surface area is 114 Å². The predicted octanol–water partition coefficient (Wildman–Crippen LogP) is -0.166. The van der Waals surface area contributed by atoms with E-state index in [2.05, 4.69) is 15.0 Å². The normalized spacial score (nSPS) is 10.1. The smallest absolute Gasteiger partial charge is 0.285 e. The lowest BCUT2D eigenvalue weighted by molar-refractivity contribution is 0.0948. The summed E-state index contributed by atoms with van der Waals surface area (Å²) < 4.78 is 5.18. The summed E-state index contributed by atoms with van der Waals surface area (Å²) >= 11 is 0. The van der Waals surface area contributed by atoms with E-state index in [1.54, 1.807) is 12.1 Å². The quantitative estimate of drug-likeness (QED) is 0.404. The molecule has 0 unspecified atom stereocenters. The Bertz CT molecular complexity index is 683. The number of carbonyl (C=O) groups excluding carboxylic acids is 1. The van der Waals surface area contributed by atoms with Gasteiger partial charge in [0.25, 0.3) is 11.5 Å².